The minimum Gasteiger partial charge on any atom is -0.457 e. The van der Waals surface area contributed by atoms with Crippen LogP contribution < -0.4 is 0 Å². The number of phosphoric acid groups is 1. The highest BCUT2D eigenvalue weighted by molar-refractivity contribution is 7.47. The number of hydrogen-bond acceptors (Lipinski definition) is 6. The van der Waals surface area contributed by atoms with Gasteiger partial charge >= 0.3 is 13.8 Å². The van der Waals surface area contributed by atoms with Crippen LogP contribution >= 0.6 is 7.82 Å². The lowest BCUT2D eigenvalue weighted by molar-refractivity contribution is -0.870. The van der Waals surface area contributed by atoms with Crippen molar-refractivity contribution >= 4 is 13.8 Å². The molecule has 0 aliphatic carbocycles. The second-order valence-electron chi connectivity index (χ2n) is 17.9. The maximum Gasteiger partial charge on any atom is 0.472 e. The maximum atomic E-state index is 12.7. The van der Waals surface area contributed by atoms with E-state index in [9.17, 15) is 14.3 Å². The minimum absolute atomic E-state index is 0.0907. The van der Waals surface area contributed by atoms with Gasteiger partial charge in [0.15, 0.2) is 0 Å². The number of phosphoric ester groups is 1. The summed E-state index contributed by atoms with van der Waals surface area (Å²) >= 11 is 0. The molecule has 0 aromatic rings. The third-order valence-corrected chi connectivity index (χ3v) is 11.8. The lowest BCUT2D eigenvalue weighted by Crippen LogP contribution is -2.37. The molecule has 0 heterocycles. The van der Waals surface area contributed by atoms with E-state index in [1.54, 1.807) is 0 Å². The van der Waals surface area contributed by atoms with Gasteiger partial charge in [0.25, 0.3) is 0 Å². The second kappa shape index (κ2) is 42.0. The summed E-state index contributed by atoms with van der Waals surface area (Å²) < 4.78 is 35.0. The quantitative estimate of drug-likeness (QED) is 0.0215. The Bertz CT molecular complexity index is 925. The van der Waals surface area contributed by atoms with Crippen molar-refractivity contribution in [3.05, 3.63) is 12.2 Å². The first-order valence-corrected chi connectivity index (χ1v) is 25.9. The molecule has 2 atom stereocenters. The first kappa shape index (κ1) is 56.2. The van der Waals surface area contributed by atoms with Gasteiger partial charge in [-0.25, -0.2) is 4.57 Å². The summed E-state index contributed by atoms with van der Waals surface area (Å²) in [6.45, 7) is 5.62. The normalized spacial score (nSPS) is 13.7. The zero-order valence-corrected chi connectivity index (χ0v) is 39.5. The van der Waals surface area contributed by atoms with Gasteiger partial charge in [-0.1, -0.05) is 206 Å². The molecule has 0 amide bonds. The predicted molar refractivity (Wildman–Crippen MR) is 243 cm³/mol. The molecule has 9 heteroatoms. The van der Waals surface area contributed by atoms with Gasteiger partial charge in [-0.3, -0.25) is 13.8 Å². The maximum absolute atomic E-state index is 12.7. The Morgan fingerprint density at radius 3 is 1.39 bits per heavy atom. The molecule has 0 rings (SSSR count). The highest BCUT2D eigenvalue weighted by Crippen LogP contribution is 2.43. The number of carbonyl (C=O) groups excluding carboxylic acids is 1. The van der Waals surface area contributed by atoms with E-state index >= 15 is 0 Å². The summed E-state index contributed by atoms with van der Waals surface area (Å²) in [6.07, 6.45) is 46.8. The number of unbranched alkanes of at least 4 members (excludes halogenated alkanes) is 30. The van der Waals surface area contributed by atoms with Gasteiger partial charge < -0.3 is 18.9 Å². The third-order valence-electron chi connectivity index (χ3n) is 10.8. The molecule has 0 saturated heterocycles. The van der Waals surface area contributed by atoms with Crippen molar-refractivity contribution in [1.29, 1.82) is 0 Å². The summed E-state index contributed by atoms with van der Waals surface area (Å²) in [5.74, 6) is -0.311. The van der Waals surface area contributed by atoms with E-state index in [-0.39, 0.29) is 25.8 Å². The molecule has 0 aromatic carbocycles. The van der Waals surface area contributed by atoms with Gasteiger partial charge in [0.05, 0.1) is 34.4 Å². The first-order valence-electron chi connectivity index (χ1n) is 24.4. The van der Waals surface area contributed by atoms with Crippen molar-refractivity contribution in [2.24, 2.45) is 0 Å². The van der Waals surface area contributed by atoms with Gasteiger partial charge in [0.2, 0.25) is 0 Å². The third kappa shape index (κ3) is 46.2. The topological polar surface area (TPSA) is 91.3 Å². The number of hydrogen-bond donors (Lipinski definition) is 1. The number of allylic oxidation sites excluding steroid dienone is 2. The van der Waals surface area contributed by atoms with Gasteiger partial charge in [0.1, 0.15) is 19.3 Å². The smallest absolute Gasteiger partial charge is 0.457 e. The van der Waals surface area contributed by atoms with E-state index in [0.29, 0.717) is 24.1 Å². The summed E-state index contributed by atoms with van der Waals surface area (Å²) in [6, 6.07) is 0. The second-order valence-corrected chi connectivity index (χ2v) is 19.3. The molecular weight excluding hydrogens is 734 g/mol. The van der Waals surface area contributed by atoms with Crippen LogP contribution in [0, 0.1) is 0 Å². The molecular formula is C48H97NO7P+. The highest BCUT2D eigenvalue weighted by Gasteiger charge is 2.26. The van der Waals surface area contributed by atoms with E-state index in [1.165, 1.54) is 180 Å². The molecule has 0 radical (unpaired) electrons. The summed E-state index contributed by atoms with van der Waals surface area (Å²) in [4.78, 5) is 22.9. The lowest BCUT2D eigenvalue weighted by Gasteiger charge is -2.24. The van der Waals surface area contributed by atoms with Gasteiger partial charge in [-0.15, -0.1) is 0 Å². The number of esters is 1. The largest absolute Gasteiger partial charge is 0.472 e. The Kier molecular flexibility index (Phi) is 41.4. The van der Waals surface area contributed by atoms with Crippen LogP contribution in [-0.2, 0) is 27.9 Å². The fourth-order valence-electron chi connectivity index (χ4n) is 7.01. The average molecular weight is 831 g/mol. The molecule has 0 saturated carbocycles. The van der Waals surface area contributed by atoms with Crippen molar-refractivity contribution < 1.29 is 37.3 Å². The molecule has 0 bridgehead atoms. The Morgan fingerprint density at radius 1 is 0.526 bits per heavy atom. The van der Waals surface area contributed by atoms with Gasteiger partial charge in [0, 0.05) is 13.0 Å². The van der Waals surface area contributed by atoms with Crippen LogP contribution in [0.25, 0.3) is 0 Å². The zero-order valence-electron chi connectivity index (χ0n) is 38.6. The van der Waals surface area contributed by atoms with E-state index in [4.69, 9.17) is 18.5 Å². The summed E-state index contributed by atoms with van der Waals surface area (Å²) in [5, 5.41) is 0. The molecule has 2 unspecified atom stereocenters. The predicted octanol–water partition coefficient (Wildman–Crippen LogP) is 14.6. The van der Waals surface area contributed by atoms with Crippen LogP contribution in [0.4, 0.5) is 0 Å². The van der Waals surface area contributed by atoms with Crippen LogP contribution in [0.2, 0.25) is 0 Å². The molecule has 57 heavy (non-hydrogen) atoms. The van der Waals surface area contributed by atoms with Crippen LogP contribution in [-0.4, -0.2) is 75.6 Å². The van der Waals surface area contributed by atoms with Crippen molar-refractivity contribution in [2.45, 2.75) is 238 Å². The van der Waals surface area contributed by atoms with Crippen LogP contribution in [0.15, 0.2) is 12.2 Å². The Balaban J connectivity index is 4.05. The average Bonchev–Trinajstić information content (AvgIpc) is 3.16. The Hall–Kier alpha value is -0.760. The molecule has 0 aliphatic heterocycles. The first-order chi connectivity index (χ1) is 27.6. The SMILES string of the molecule is CCCC/C=C\CCCCCCCCOCC(COP(=O)(O)OCC[N+](C)(C)C)OC(=O)CCCCCCCCCCCCCCCCCCCCCCCCC. The lowest BCUT2D eigenvalue weighted by atomic mass is 10.0. The number of ether oxygens (including phenoxy) is 2. The van der Waals surface area contributed by atoms with Crippen LogP contribution in [0.1, 0.15) is 232 Å². The van der Waals surface area contributed by atoms with Crippen molar-refractivity contribution in [3.8, 4) is 0 Å². The molecule has 0 fully saturated rings. The molecule has 0 aromatic heterocycles. The monoisotopic (exact) mass is 831 g/mol. The fraction of sp³-hybridized carbons (Fsp3) is 0.938. The standard InChI is InChI=1S/C48H96NO7P/c1-6-8-10-12-14-16-18-20-21-22-23-24-25-26-27-28-29-30-31-33-35-37-39-41-48(50)56-47(46-55-57(51,52)54-44-42-49(3,4)5)45-53-43-40-38-36-34-32-19-17-15-13-11-9-7-2/h13,15,47H,6-12,14,16-46H2,1-5H3/p+1/b15-13-. The van der Waals surface area contributed by atoms with Gasteiger partial charge in [-0.2, -0.15) is 0 Å². The summed E-state index contributed by atoms with van der Waals surface area (Å²) in [7, 11) is 1.68. The Labute approximate surface area is 354 Å². The summed E-state index contributed by atoms with van der Waals surface area (Å²) in [5.41, 5.74) is 0. The minimum atomic E-state index is -4.27. The molecule has 0 aliphatic rings. The fourth-order valence-corrected chi connectivity index (χ4v) is 7.75. The zero-order chi connectivity index (χ0) is 42.0. The number of carbonyl (C=O) groups is 1. The number of nitrogens with zero attached hydrogens (tertiary/aromatic N) is 1. The van der Waals surface area contributed by atoms with Crippen LogP contribution in [0.3, 0.4) is 0 Å². The molecule has 8 nitrogen and oxygen atoms in total. The van der Waals surface area contributed by atoms with Crippen molar-refractivity contribution in [3.63, 3.8) is 0 Å². The van der Waals surface area contributed by atoms with E-state index in [1.807, 2.05) is 21.1 Å². The van der Waals surface area contributed by atoms with Crippen molar-refractivity contribution in [2.75, 3.05) is 54.1 Å². The molecule has 1 N–H and O–H groups in total. The molecule has 0 spiro atoms. The highest BCUT2D eigenvalue weighted by atomic mass is 31.2. The van der Waals surface area contributed by atoms with Gasteiger partial charge in [-0.05, 0) is 32.1 Å². The van der Waals surface area contributed by atoms with Crippen LogP contribution in [0.5, 0.6) is 0 Å². The molecule has 340 valence electrons. The Morgan fingerprint density at radius 2 is 0.930 bits per heavy atom. The number of rotatable bonds is 46. The van der Waals surface area contributed by atoms with Crippen molar-refractivity contribution in [1.82, 2.24) is 0 Å². The number of quaternary nitrogens is 1. The van der Waals surface area contributed by atoms with E-state index < -0.39 is 13.9 Å². The van der Waals surface area contributed by atoms with E-state index in [2.05, 4.69) is 26.0 Å². The number of likely N-dealkylation sites (N-methyl/N-ethyl adjacent to an activating group) is 1. The van der Waals surface area contributed by atoms with E-state index in [0.717, 1.165) is 32.1 Å².